The van der Waals surface area contributed by atoms with Gasteiger partial charge in [-0.2, -0.15) is 0 Å². The average molecular weight is 755 g/mol. The molecule has 0 spiro atoms. The van der Waals surface area contributed by atoms with Crippen molar-refractivity contribution in [1.29, 1.82) is 0 Å². The zero-order chi connectivity index (χ0) is 38.8. The highest BCUT2D eigenvalue weighted by atomic mass is 16.4. The number of benzene rings is 11. The van der Waals surface area contributed by atoms with Crippen molar-refractivity contribution in [3.05, 3.63) is 188 Å². The Morgan fingerprint density at radius 1 is 0.367 bits per heavy atom. The Bertz CT molecular complexity index is 3870. The first kappa shape index (κ1) is 31.4. The first-order valence-electron chi connectivity index (χ1n) is 21.1. The van der Waals surface area contributed by atoms with Crippen molar-refractivity contribution in [2.24, 2.45) is 0 Å². The fraction of sp³-hybridized carbons (Fsp3) is 0. The third-order valence-corrected chi connectivity index (χ3v) is 14.3. The molecule has 0 bridgehead atoms. The van der Waals surface area contributed by atoms with Gasteiger partial charge in [-0.1, -0.05) is 187 Å². The van der Waals surface area contributed by atoms with Crippen LogP contribution in [0.15, 0.2) is 192 Å². The lowest BCUT2D eigenvalue weighted by molar-refractivity contribution is 0.623. The van der Waals surface area contributed by atoms with E-state index in [-0.39, 0.29) is 13.4 Å². The Morgan fingerprint density at radius 3 is 1.57 bits per heavy atom. The van der Waals surface area contributed by atoms with E-state index in [2.05, 4.69) is 193 Å². The Labute approximate surface area is 346 Å². The van der Waals surface area contributed by atoms with Crippen molar-refractivity contribution in [2.45, 2.75) is 0 Å². The number of rotatable bonds is 1. The van der Waals surface area contributed by atoms with Gasteiger partial charge < -0.3 is 4.42 Å². The van der Waals surface area contributed by atoms with Gasteiger partial charge in [-0.15, -0.1) is 0 Å². The van der Waals surface area contributed by atoms with Crippen molar-refractivity contribution in [3.8, 4) is 11.1 Å². The summed E-state index contributed by atoms with van der Waals surface area (Å²) in [7, 11) is 0. The second-order valence-corrected chi connectivity index (χ2v) is 17.0. The van der Waals surface area contributed by atoms with Gasteiger partial charge in [0.1, 0.15) is 5.58 Å². The lowest BCUT2D eigenvalue weighted by Crippen LogP contribution is -2.63. The number of furan rings is 1. The van der Waals surface area contributed by atoms with Crippen LogP contribution in [0.5, 0.6) is 0 Å². The summed E-state index contributed by atoms with van der Waals surface area (Å²) >= 11 is 0. The molecule has 15 rings (SSSR count). The number of fused-ring (bicyclic) bond motifs is 22. The normalized spacial score (nSPS) is 13.6. The molecular formula is C56H31B2NO. The van der Waals surface area contributed by atoms with Gasteiger partial charge >= 0.3 is 0 Å². The summed E-state index contributed by atoms with van der Waals surface area (Å²) in [6, 6.07) is 70.5. The summed E-state index contributed by atoms with van der Waals surface area (Å²) in [5.74, 6) is 0.925. The van der Waals surface area contributed by atoms with Crippen LogP contribution in [0.1, 0.15) is 0 Å². The van der Waals surface area contributed by atoms with Crippen LogP contribution in [0.2, 0.25) is 0 Å². The van der Waals surface area contributed by atoms with Gasteiger partial charge in [0, 0.05) is 22.2 Å². The number of anilines is 3. The average Bonchev–Trinajstić information content (AvgIpc) is 3.87. The maximum Gasteiger partial charge on any atom is 0.251 e. The van der Waals surface area contributed by atoms with E-state index in [1.807, 2.05) is 0 Å². The molecule has 0 saturated heterocycles. The van der Waals surface area contributed by atoms with Gasteiger partial charge in [0.2, 0.25) is 12.6 Å². The van der Waals surface area contributed by atoms with E-state index in [4.69, 9.17) is 4.42 Å². The second kappa shape index (κ2) is 11.1. The van der Waals surface area contributed by atoms with Gasteiger partial charge in [-0.05, 0) is 104 Å². The summed E-state index contributed by atoms with van der Waals surface area (Å²) in [5.41, 5.74) is 14.0. The van der Waals surface area contributed by atoms with Crippen LogP contribution in [0.4, 0.5) is 17.3 Å². The highest BCUT2D eigenvalue weighted by Crippen LogP contribution is 2.47. The largest absolute Gasteiger partial charge is 0.440 e. The molecule has 60 heavy (non-hydrogen) atoms. The molecule has 0 amide bonds. The summed E-state index contributed by atoms with van der Waals surface area (Å²) < 4.78 is 7.14. The lowest BCUT2D eigenvalue weighted by atomic mass is 9.31. The molecule has 1 aromatic heterocycles. The number of para-hydroxylation sites is 2. The second-order valence-electron chi connectivity index (χ2n) is 17.0. The van der Waals surface area contributed by atoms with Gasteiger partial charge in [-0.25, -0.2) is 0 Å². The molecule has 0 saturated carbocycles. The molecule has 0 fully saturated rings. The van der Waals surface area contributed by atoms with Crippen molar-refractivity contribution in [1.82, 2.24) is 0 Å². The van der Waals surface area contributed by atoms with E-state index in [0.29, 0.717) is 0 Å². The minimum Gasteiger partial charge on any atom is -0.440 e. The Hall–Kier alpha value is -7.55. The molecule has 4 heteroatoms. The third kappa shape index (κ3) is 3.75. The smallest absolute Gasteiger partial charge is 0.251 e. The summed E-state index contributed by atoms with van der Waals surface area (Å²) in [4.78, 5) is 2.48. The molecule has 3 aliphatic rings. The molecule has 0 N–H and O–H groups in total. The van der Waals surface area contributed by atoms with E-state index in [1.165, 1.54) is 125 Å². The first-order chi connectivity index (χ1) is 29.8. The highest BCUT2D eigenvalue weighted by Gasteiger charge is 2.49. The topological polar surface area (TPSA) is 16.4 Å². The lowest BCUT2D eigenvalue weighted by Gasteiger charge is -2.40. The van der Waals surface area contributed by atoms with E-state index < -0.39 is 0 Å². The van der Waals surface area contributed by atoms with Crippen LogP contribution in [-0.4, -0.2) is 13.4 Å². The van der Waals surface area contributed by atoms with Crippen molar-refractivity contribution < 1.29 is 4.42 Å². The maximum atomic E-state index is 7.14. The number of hydrogen-bond donors (Lipinski definition) is 0. The molecule has 0 aliphatic carbocycles. The van der Waals surface area contributed by atoms with Crippen LogP contribution < -0.4 is 37.7 Å². The molecular weight excluding hydrogens is 724 g/mol. The summed E-state index contributed by atoms with van der Waals surface area (Å²) in [6.45, 7) is 0.0486. The van der Waals surface area contributed by atoms with Gasteiger partial charge in [0.15, 0.2) is 0 Å². The van der Waals surface area contributed by atoms with Gasteiger partial charge in [-0.3, -0.25) is 4.90 Å². The monoisotopic (exact) mass is 755 g/mol. The van der Waals surface area contributed by atoms with Crippen LogP contribution in [0.25, 0.3) is 86.7 Å². The Kier molecular flexibility index (Phi) is 5.83. The summed E-state index contributed by atoms with van der Waals surface area (Å²) in [5, 5.41) is 16.8. The molecule has 0 radical (unpaired) electrons. The fourth-order valence-electron chi connectivity index (χ4n) is 12.0. The van der Waals surface area contributed by atoms with Gasteiger partial charge in [0.25, 0.3) is 6.71 Å². The molecule has 3 aliphatic heterocycles. The van der Waals surface area contributed by atoms with Crippen LogP contribution >= 0.6 is 0 Å². The highest BCUT2D eigenvalue weighted by molar-refractivity contribution is 7.04. The van der Waals surface area contributed by atoms with Crippen molar-refractivity contribution >= 4 is 139 Å². The van der Waals surface area contributed by atoms with E-state index in [0.717, 1.165) is 11.5 Å². The molecule has 0 atom stereocenters. The van der Waals surface area contributed by atoms with E-state index in [9.17, 15) is 0 Å². The molecule has 2 nitrogen and oxygen atoms in total. The third-order valence-electron chi connectivity index (χ3n) is 14.3. The van der Waals surface area contributed by atoms with Crippen LogP contribution in [0, 0.1) is 0 Å². The quantitative estimate of drug-likeness (QED) is 0.123. The predicted octanol–water partition coefficient (Wildman–Crippen LogP) is 10.5. The maximum absolute atomic E-state index is 7.14. The van der Waals surface area contributed by atoms with E-state index in [1.54, 1.807) is 0 Å². The standard InChI is InChI=1S/C56H31B2NO/c1-2-15-35-33(13-1)34-14-4-6-19-39(34)45-31-32(27-28-40(35)45)57-47-23-12-24-48-55(47)59(56-54(57)43-21-9-10-26-50(43)60-56)49-25-11-22-44-52-46(58(48)53(44)49)30-29-42-38-18-5-3-16-36(38)37-17-7-8-20-41(37)51(42)52/h1-31H. The number of nitrogens with zero attached hydrogens (tertiary/aromatic N) is 1. The molecule has 272 valence electrons. The minimum atomic E-state index is -0.0398. The Morgan fingerprint density at radius 2 is 0.883 bits per heavy atom. The van der Waals surface area contributed by atoms with Crippen LogP contribution in [-0.2, 0) is 0 Å². The fourth-order valence-corrected chi connectivity index (χ4v) is 12.0. The summed E-state index contributed by atoms with van der Waals surface area (Å²) in [6.07, 6.45) is 0. The predicted molar refractivity (Wildman–Crippen MR) is 257 cm³/mol. The van der Waals surface area contributed by atoms with Crippen LogP contribution in [0.3, 0.4) is 0 Å². The Balaban J connectivity index is 1.05. The van der Waals surface area contributed by atoms with Crippen molar-refractivity contribution in [2.75, 3.05) is 4.90 Å². The molecule has 12 aromatic rings. The minimum absolute atomic E-state index is 0.0398. The van der Waals surface area contributed by atoms with Crippen molar-refractivity contribution in [3.63, 3.8) is 0 Å². The molecule has 11 aromatic carbocycles. The van der Waals surface area contributed by atoms with E-state index >= 15 is 0 Å². The SMILES string of the molecule is c1cc2c3c(c1)B(c1ccc4c5ccccc5c5ccccc5c4c1)c1c(oc4ccccc14)N3c1cccc3c1B2c1ccc2c4ccccc4c4ccccc4c2c1-3. The number of hydrogen-bond acceptors (Lipinski definition) is 2. The zero-order valence-corrected chi connectivity index (χ0v) is 32.4. The van der Waals surface area contributed by atoms with Gasteiger partial charge in [0.05, 0.1) is 0 Å². The molecule has 4 heterocycles. The molecule has 0 unspecified atom stereocenters. The zero-order valence-electron chi connectivity index (χ0n) is 32.4. The first-order valence-corrected chi connectivity index (χ1v) is 21.1.